The summed E-state index contributed by atoms with van der Waals surface area (Å²) in [5.74, 6) is 1.52. The minimum absolute atomic E-state index is 0.147. The normalized spacial score (nSPS) is 10.6. The molecule has 0 saturated carbocycles. The summed E-state index contributed by atoms with van der Waals surface area (Å²) in [6.07, 6.45) is 1.76. The Bertz CT molecular complexity index is 1050. The fraction of sp³-hybridized carbons (Fsp3) is 0.227. The van der Waals surface area contributed by atoms with E-state index in [1.165, 1.54) is 11.8 Å². The molecule has 1 amide bonds. The van der Waals surface area contributed by atoms with E-state index in [0.29, 0.717) is 28.2 Å². The zero-order valence-electron chi connectivity index (χ0n) is 16.9. The average molecular weight is 443 g/mol. The largest absolute Gasteiger partial charge is 0.485 e. The van der Waals surface area contributed by atoms with Crippen LogP contribution in [0.4, 0.5) is 5.69 Å². The van der Waals surface area contributed by atoms with Gasteiger partial charge in [0.2, 0.25) is 5.91 Å². The Hall–Kier alpha value is -2.77. The lowest BCUT2D eigenvalue weighted by atomic mass is 10.2. The molecule has 0 aliphatic carbocycles. The molecule has 3 aromatic rings. The second-order valence-electron chi connectivity index (χ2n) is 6.65. The summed E-state index contributed by atoms with van der Waals surface area (Å²) in [5.41, 5.74) is 2.67. The first kappa shape index (κ1) is 21.9. The number of anilines is 1. The highest BCUT2D eigenvalue weighted by molar-refractivity contribution is 7.99. The number of aryl methyl sites for hydroxylation is 2. The smallest absolute Gasteiger partial charge is 0.234 e. The molecule has 0 fully saturated rings. The molecule has 2 aromatic carbocycles. The van der Waals surface area contributed by atoms with Crippen LogP contribution in [-0.2, 0) is 17.9 Å². The Labute approximate surface area is 185 Å². The third-order valence-corrected chi connectivity index (χ3v) is 5.72. The molecule has 0 radical (unpaired) electrons. The number of aromatic nitrogens is 3. The van der Waals surface area contributed by atoms with Crippen LogP contribution in [0, 0.1) is 13.8 Å². The number of hydrogen-bond acceptors (Lipinski definition) is 5. The van der Waals surface area contributed by atoms with Crippen molar-refractivity contribution in [2.45, 2.75) is 32.2 Å². The summed E-state index contributed by atoms with van der Waals surface area (Å²) in [7, 11) is 0. The van der Waals surface area contributed by atoms with E-state index in [-0.39, 0.29) is 18.3 Å². The third kappa shape index (κ3) is 5.64. The van der Waals surface area contributed by atoms with Gasteiger partial charge in [-0.15, -0.1) is 16.8 Å². The van der Waals surface area contributed by atoms with E-state index in [0.717, 1.165) is 16.9 Å². The minimum Gasteiger partial charge on any atom is -0.485 e. The summed E-state index contributed by atoms with van der Waals surface area (Å²) in [6.45, 7) is 8.51. The Morgan fingerprint density at radius 2 is 2.03 bits per heavy atom. The van der Waals surface area contributed by atoms with Crippen molar-refractivity contribution in [3.63, 3.8) is 0 Å². The molecular weight excluding hydrogens is 420 g/mol. The predicted molar refractivity (Wildman–Crippen MR) is 121 cm³/mol. The van der Waals surface area contributed by atoms with Gasteiger partial charge in [-0.05, 0) is 43.2 Å². The van der Waals surface area contributed by atoms with Crippen molar-refractivity contribution in [1.29, 1.82) is 0 Å². The van der Waals surface area contributed by atoms with Gasteiger partial charge in [-0.1, -0.05) is 53.7 Å². The maximum absolute atomic E-state index is 12.3. The molecule has 0 spiro atoms. The average Bonchev–Trinajstić information content (AvgIpc) is 3.10. The van der Waals surface area contributed by atoms with E-state index in [4.69, 9.17) is 16.3 Å². The highest BCUT2D eigenvalue weighted by Gasteiger charge is 2.15. The first-order valence-electron chi connectivity index (χ1n) is 9.38. The fourth-order valence-electron chi connectivity index (χ4n) is 2.70. The molecule has 30 heavy (non-hydrogen) atoms. The van der Waals surface area contributed by atoms with Crippen LogP contribution >= 0.6 is 23.4 Å². The maximum Gasteiger partial charge on any atom is 0.234 e. The molecule has 1 heterocycles. The number of hydrogen-bond donors (Lipinski definition) is 1. The molecule has 1 N–H and O–H groups in total. The highest BCUT2D eigenvalue weighted by Crippen LogP contribution is 2.22. The second kappa shape index (κ2) is 10.3. The van der Waals surface area contributed by atoms with Crippen molar-refractivity contribution in [1.82, 2.24) is 14.8 Å². The third-order valence-electron chi connectivity index (χ3n) is 4.34. The van der Waals surface area contributed by atoms with Crippen molar-refractivity contribution in [2.24, 2.45) is 0 Å². The first-order chi connectivity index (χ1) is 14.5. The Balaban J connectivity index is 1.62. The molecular formula is C22H23ClN4O2S. The van der Waals surface area contributed by atoms with E-state index >= 15 is 0 Å². The molecule has 3 rings (SSSR count). The number of carbonyl (C=O) groups is 1. The van der Waals surface area contributed by atoms with Crippen LogP contribution in [0.15, 0.2) is 60.3 Å². The van der Waals surface area contributed by atoms with E-state index in [2.05, 4.69) is 22.1 Å². The quantitative estimate of drug-likeness (QED) is 0.371. The van der Waals surface area contributed by atoms with Gasteiger partial charge in [0.05, 0.1) is 5.75 Å². The van der Waals surface area contributed by atoms with Crippen LogP contribution in [0.2, 0.25) is 5.02 Å². The summed E-state index contributed by atoms with van der Waals surface area (Å²) < 4.78 is 7.78. The number of halogens is 1. The van der Waals surface area contributed by atoms with Crippen LogP contribution in [0.1, 0.15) is 17.0 Å². The van der Waals surface area contributed by atoms with Crippen molar-refractivity contribution < 1.29 is 9.53 Å². The molecule has 1 aromatic heterocycles. The number of nitrogens with zero attached hydrogens (tertiary/aromatic N) is 3. The van der Waals surface area contributed by atoms with E-state index in [1.807, 2.05) is 54.8 Å². The van der Waals surface area contributed by atoms with Gasteiger partial charge in [0.25, 0.3) is 0 Å². The first-order valence-corrected chi connectivity index (χ1v) is 10.7. The number of nitrogens with one attached hydrogen (secondary N) is 1. The van der Waals surface area contributed by atoms with Gasteiger partial charge in [-0.2, -0.15) is 0 Å². The fourth-order valence-corrected chi connectivity index (χ4v) is 3.65. The number of thioether (sulfide) groups is 1. The van der Waals surface area contributed by atoms with Gasteiger partial charge >= 0.3 is 0 Å². The van der Waals surface area contributed by atoms with Crippen molar-refractivity contribution in [3.8, 4) is 5.75 Å². The predicted octanol–water partition coefficient (Wildman–Crippen LogP) is 5.04. The van der Waals surface area contributed by atoms with Crippen molar-refractivity contribution in [3.05, 3.63) is 77.1 Å². The van der Waals surface area contributed by atoms with Crippen molar-refractivity contribution in [2.75, 3.05) is 11.1 Å². The molecule has 0 saturated heterocycles. The molecule has 0 atom stereocenters. The van der Waals surface area contributed by atoms with E-state index < -0.39 is 0 Å². The summed E-state index contributed by atoms with van der Waals surface area (Å²) in [6, 6.07) is 13.2. The van der Waals surface area contributed by atoms with Crippen LogP contribution < -0.4 is 10.1 Å². The van der Waals surface area contributed by atoms with Gasteiger partial charge in [0.15, 0.2) is 11.0 Å². The minimum atomic E-state index is -0.147. The summed E-state index contributed by atoms with van der Waals surface area (Å²) in [4.78, 5) is 12.3. The van der Waals surface area contributed by atoms with Gasteiger partial charge in [0.1, 0.15) is 12.4 Å². The number of para-hydroxylation sites is 1. The number of amides is 1. The second-order valence-corrected chi connectivity index (χ2v) is 8.00. The molecule has 6 nitrogen and oxygen atoms in total. The van der Waals surface area contributed by atoms with Gasteiger partial charge in [-0.3, -0.25) is 9.36 Å². The van der Waals surface area contributed by atoms with Crippen LogP contribution in [0.25, 0.3) is 0 Å². The van der Waals surface area contributed by atoms with Gasteiger partial charge in [-0.25, -0.2) is 0 Å². The zero-order valence-corrected chi connectivity index (χ0v) is 18.5. The standard InChI is InChI=1S/C22H23ClN4O2S/c1-4-11-27-20(13-29-19-8-6-5-7-16(19)3)25-26-22(27)30-14-21(28)24-17-10-9-15(2)18(23)12-17/h4-10,12H,1,11,13-14H2,2-3H3,(H,24,28). The lowest BCUT2D eigenvalue weighted by molar-refractivity contribution is -0.113. The van der Waals surface area contributed by atoms with E-state index in [9.17, 15) is 4.79 Å². The van der Waals surface area contributed by atoms with Crippen molar-refractivity contribution >= 4 is 35.0 Å². The number of allylic oxidation sites excluding steroid dienone is 1. The summed E-state index contributed by atoms with van der Waals surface area (Å²) in [5, 5.41) is 12.5. The highest BCUT2D eigenvalue weighted by atomic mass is 35.5. The molecule has 0 unspecified atom stereocenters. The van der Waals surface area contributed by atoms with Crippen LogP contribution in [-0.4, -0.2) is 26.4 Å². The van der Waals surface area contributed by atoms with Crippen LogP contribution in [0.5, 0.6) is 5.75 Å². The van der Waals surface area contributed by atoms with Crippen LogP contribution in [0.3, 0.4) is 0 Å². The Kier molecular flexibility index (Phi) is 7.54. The number of rotatable bonds is 9. The molecule has 0 aliphatic rings. The topological polar surface area (TPSA) is 69.0 Å². The molecule has 0 aliphatic heterocycles. The maximum atomic E-state index is 12.3. The van der Waals surface area contributed by atoms with E-state index in [1.54, 1.807) is 12.1 Å². The molecule has 0 bridgehead atoms. The Morgan fingerprint density at radius 1 is 1.23 bits per heavy atom. The zero-order chi connectivity index (χ0) is 21.5. The lowest BCUT2D eigenvalue weighted by Crippen LogP contribution is -2.15. The summed E-state index contributed by atoms with van der Waals surface area (Å²) >= 11 is 7.42. The SMILES string of the molecule is C=CCn1c(COc2ccccc2C)nnc1SCC(=O)Nc1ccc(C)c(Cl)c1. The molecule has 156 valence electrons. The molecule has 8 heteroatoms. The number of carbonyl (C=O) groups excluding carboxylic acids is 1. The van der Waals surface area contributed by atoms with Gasteiger partial charge in [0, 0.05) is 17.3 Å². The number of benzene rings is 2. The monoisotopic (exact) mass is 442 g/mol. The Morgan fingerprint density at radius 3 is 2.77 bits per heavy atom. The lowest BCUT2D eigenvalue weighted by Gasteiger charge is -2.11. The number of ether oxygens (including phenoxy) is 1. The van der Waals surface area contributed by atoms with Gasteiger partial charge < -0.3 is 10.1 Å².